The summed E-state index contributed by atoms with van der Waals surface area (Å²) >= 11 is 1.45. The van der Waals surface area contributed by atoms with Gasteiger partial charge in [0.15, 0.2) is 11.0 Å². The third-order valence-corrected chi connectivity index (χ3v) is 6.17. The molecule has 1 amide bonds. The van der Waals surface area contributed by atoms with Crippen molar-refractivity contribution in [1.82, 2.24) is 19.7 Å². The van der Waals surface area contributed by atoms with Crippen LogP contribution >= 0.6 is 11.8 Å². The Morgan fingerprint density at radius 2 is 1.69 bits per heavy atom. The molecule has 7 heteroatoms. The maximum atomic E-state index is 13.0. The van der Waals surface area contributed by atoms with Crippen LogP contribution in [0.1, 0.15) is 38.6 Å². The van der Waals surface area contributed by atoms with Crippen LogP contribution in [0.15, 0.2) is 65.8 Å². The maximum Gasteiger partial charge on any atom is 0.235 e. The highest BCUT2D eigenvalue weighted by Crippen LogP contribution is 2.25. The van der Waals surface area contributed by atoms with Crippen molar-refractivity contribution in [3.05, 3.63) is 72.1 Å². The number of amides is 1. The summed E-state index contributed by atoms with van der Waals surface area (Å²) in [6.45, 7) is 8.04. The molecule has 0 saturated heterocycles. The molecule has 1 unspecified atom stereocenters. The lowest BCUT2D eigenvalue weighted by Crippen LogP contribution is -2.33. The zero-order valence-electron chi connectivity index (χ0n) is 19.3. The van der Waals surface area contributed by atoms with Crippen LogP contribution in [0.25, 0.3) is 0 Å². The number of aromatic nitrogens is 3. The van der Waals surface area contributed by atoms with Gasteiger partial charge in [0.05, 0.1) is 5.25 Å². The number of hydrogen-bond donors (Lipinski definition) is 0. The molecule has 0 saturated carbocycles. The van der Waals surface area contributed by atoms with E-state index in [1.54, 1.807) is 4.90 Å². The van der Waals surface area contributed by atoms with Crippen LogP contribution < -0.4 is 4.74 Å². The Morgan fingerprint density at radius 1 is 1.03 bits per heavy atom. The second-order valence-electron chi connectivity index (χ2n) is 8.27. The molecule has 1 atom stereocenters. The molecule has 0 fully saturated rings. The van der Waals surface area contributed by atoms with Gasteiger partial charge in [-0.15, -0.1) is 10.2 Å². The second kappa shape index (κ2) is 11.7. The molecule has 32 heavy (non-hydrogen) atoms. The number of hydrogen-bond acceptors (Lipinski definition) is 5. The van der Waals surface area contributed by atoms with Crippen molar-refractivity contribution in [3.8, 4) is 5.75 Å². The van der Waals surface area contributed by atoms with Crippen molar-refractivity contribution in [1.29, 1.82) is 0 Å². The van der Waals surface area contributed by atoms with Crippen LogP contribution in [0.3, 0.4) is 0 Å². The largest absolute Gasteiger partial charge is 0.486 e. The number of benzene rings is 2. The molecule has 0 N–H and O–H groups in total. The molecule has 2 aromatic carbocycles. The van der Waals surface area contributed by atoms with Crippen molar-refractivity contribution < 1.29 is 9.53 Å². The molecular weight excluding hydrogens is 420 g/mol. The van der Waals surface area contributed by atoms with Crippen LogP contribution in [-0.2, 0) is 24.5 Å². The lowest BCUT2D eigenvalue weighted by molar-refractivity contribution is -0.129. The van der Waals surface area contributed by atoms with Gasteiger partial charge >= 0.3 is 0 Å². The maximum absolute atomic E-state index is 13.0. The van der Waals surface area contributed by atoms with Crippen molar-refractivity contribution >= 4 is 17.7 Å². The van der Waals surface area contributed by atoms with Crippen LogP contribution in [-0.4, -0.2) is 37.9 Å². The number of nitrogens with zero attached hydrogens (tertiary/aromatic N) is 4. The smallest absolute Gasteiger partial charge is 0.235 e. The Labute approximate surface area is 195 Å². The van der Waals surface area contributed by atoms with Crippen molar-refractivity contribution in [2.45, 2.75) is 57.3 Å². The van der Waals surface area contributed by atoms with Gasteiger partial charge in [0, 0.05) is 20.1 Å². The van der Waals surface area contributed by atoms with E-state index in [2.05, 4.69) is 28.6 Å². The number of para-hydroxylation sites is 1. The van der Waals surface area contributed by atoms with Crippen LogP contribution in [0.2, 0.25) is 0 Å². The van der Waals surface area contributed by atoms with Gasteiger partial charge in [-0.2, -0.15) is 0 Å². The van der Waals surface area contributed by atoms with Crippen LogP contribution in [0, 0.1) is 5.92 Å². The molecule has 0 spiro atoms. The topological polar surface area (TPSA) is 60.2 Å². The fourth-order valence-corrected chi connectivity index (χ4v) is 4.25. The Bertz CT molecular complexity index is 976. The predicted octanol–water partition coefficient (Wildman–Crippen LogP) is 5.04. The second-order valence-corrected chi connectivity index (χ2v) is 9.58. The summed E-state index contributed by atoms with van der Waals surface area (Å²) < 4.78 is 7.99. The third kappa shape index (κ3) is 6.85. The normalized spacial score (nSPS) is 12.0. The predicted molar refractivity (Wildman–Crippen MR) is 128 cm³/mol. The SMILES string of the molecule is CC(C)CCn1c(COc2ccccc2)nnc1SC(C)C(=O)N(C)Cc1ccccc1. The number of carbonyl (C=O) groups is 1. The quantitative estimate of drug-likeness (QED) is 0.381. The fraction of sp³-hybridized carbons (Fsp3) is 0.400. The molecular formula is C25H32N4O2S. The number of ether oxygens (including phenoxy) is 1. The molecule has 0 bridgehead atoms. The summed E-state index contributed by atoms with van der Waals surface area (Å²) in [5.41, 5.74) is 1.11. The summed E-state index contributed by atoms with van der Waals surface area (Å²) in [6.07, 6.45) is 1.00. The summed E-state index contributed by atoms with van der Waals surface area (Å²) in [4.78, 5) is 14.7. The van der Waals surface area contributed by atoms with E-state index in [0.717, 1.165) is 35.3 Å². The van der Waals surface area contributed by atoms with Crippen molar-refractivity contribution in [2.24, 2.45) is 5.92 Å². The average Bonchev–Trinajstić information content (AvgIpc) is 3.18. The zero-order valence-corrected chi connectivity index (χ0v) is 20.1. The summed E-state index contributed by atoms with van der Waals surface area (Å²) in [6, 6.07) is 19.7. The van der Waals surface area contributed by atoms with E-state index < -0.39 is 0 Å². The summed E-state index contributed by atoms with van der Waals surface area (Å²) in [5.74, 6) is 2.19. The number of carbonyl (C=O) groups excluding carboxylic acids is 1. The Balaban J connectivity index is 1.68. The molecule has 1 aromatic heterocycles. The minimum atomic E-state index is -0.270. The molecule has 0 aliphatic heterocycles. The monoisotopic (exact) mass is 452 g/mol. The number of thioether (sulfide) groups is 1. The van der Waals surface area contributed by atoms with Gasteiger partial charge in [-0.25, -0.2) is 0 Å². The van der Waals surface area contributed by atoms with Gasteiger partial charge in [0.2, 0.25) is 5.91 Å². The molecule has 0 aliphatic rings. The standard InChI is InChI=1S/C25H32N4O2S/c1-19(2)15-16-29-23(18-31-22-13-9-6-10-14-22)26-27-25(29)32-20(3)24(30)28(4)17-21-11-7-5-8-12-21/h5-14,19-20H,15-18H2,1-4H3. The highest BCUT2D eigenvalue weighted by molar-refractivity contribution is 8.00. The molecule has 3 rings (SSSR count). The minimum absolute atomic E-state index is 0.0688. The van der Waals surface area contributed by atoms with Gasteiger partial charge in [-0.3, -0.25) is 4.79 Å². The van der Waals surface area contributed by atoms with E-state index in [9.17, 15) is 4.79 Å². The molecule has 6 nitrogen and oxygen atoms in total. The molecule has 0 aliphatic carbocycles. The van der Waals surface area contributed by atoms with Crippen molar-refractivity contribution in [2.75, 3.05) is 7.05 Å². The van der Waals surface area contributed by atoms with E-state index in [1.165, 1.54) is 11.8 Å². The van der Waals surface area contributed by atoms with Gasteiger partial charge in [0.25, 0.3) is 0 Å². The van der Waals surface area contributed by atoms with E-state index in [4.69, 9.17) is 4.74 Å². The Hall–Kier alpha value is -2.80. The van der Waals surface area contributed by atoms with Gasteiger partial charge in [0.1, 0.15) is 12.4 Å². The Kier molecular flexibility index (Phi) is 8.73. The van der Waals surface area contributed by atoms with E-state index in [1.807, 2.05) is 74.6 Å². The summed E-state index contributed by atoms with van der Waals surface area (Å²) in [5, 5.41) is 9.26. The first-order valence-electron chi connectivity index (χ1n) is 11.0. The zero-order chi connectivity index (χ0) is 22.9. The van der Waals surface area contributed by atoms with Gasteiger partial charge in [-0.1, -0.05) is 74.1 Å². The third-order valence-electron chi connectivity index (χ3n) is 5.10. The first-order valence-corrected chi connectivity index (χ1v) is 11.9. The van der Waals surface area contributed by atoms with Crippen LogP contribution in [0.4, 0.5) is 0 Å². The lowest BCUT2D eigenvalue weighted by Gasteiger charge is -2.21. The molecule has 170 valence electrons. The van der Waals surface area contributed by atoms with E-state index >= 15 is 0 Å². The summed E-state index contributed by atoms with van der Waals surface area (Å²) in [7, 11) is 1.84. The van der Waals surface area contributed by atoms with E-state index in [-0.39, 0.29) is 11.2 Å². The number of rotatable bonds is 11. The minimum Gasteiger partial charge on any atom is -0.486 e. The average molecular weight is 453 g/mol. The Morgan fingerprint density at radius 3 is 2.34 bits per heavy atom. The first-order chi connectivity index (χ1) is 15.4. The van der Waals surface area contributed by atoms with Gasteiger partial charge < -0.3 is 14.2 Å². The van der Waals surface area contributed by atoms with Crippen LogP contribution in [0.5, 0.6) is 5.75 Å². The van der Waals surface area contributed by atoms with Crippen molar-refractivity contribution in [3.63, 3.8) is 0 Å². The first kappa shape index (κ1) is 23.9. The molecule has 3 aromatic rings. The lowest BCUT2D eigenvalue weighted by atomic mass is 10.1. The molecule has 1 heterocycles. The highest BCUT2D eigenvalue weighted by Gasteiger charge is 2.23. The highest BCUT2D eigenvalue weighted by atomic mass is 32.2. The van der Waals surface area contributed by atoms with E-state index in [0.29, 0.717) is 19.1 Å². The van der Waals surface area contributed by atoms with Gasteiger partial charge in [-0.05, 0) is 37.0 Å². The molecule has 0 radical (unpaired) electrons. The fourth-order valence-electron chi connectivity index (χ4n) is 3.24.